The molecule has 0 aliphatic carbocycles. The maximum absolute atomic E-state index is 11.5. The summed E-state index contributed by atoms with van der Waals surface area (Å²) in [7, 11) is 0. The first kappa shape index (κ1) is 10.9. The van der Waals surface area contributed by atoms with Crippen LogP contribution in [0.4, 0.5) is 0 Å². The molecule has 1 atom stereocenters. The highest BCUT2D eigenvalue weighted by Crippen LogP contribution is 2.13. The minimum atomic E-state index is -0.284. The predicted molar refractivity (Wildman–Crippen MR) is 60.2 cm³/mol. The minimum Gasteiger partial charge on any atom is -0.458 e. The summed E-state index contributed by atoms with van der Waals surface area (Å²) in [5.74, 6) is -0.284. The fourth-order valence-corrected chi connectivity index (χ4v) is 1.30. The highest BCUT2D eigenvalue weighted by Gasteiger charge is 2.19. The molecule has 1 aliphatic heterocycles. The number of epoxide rings is 1. The van der Waals surface area contributed by atoms with Crippen LogP contribution in [0.1, 0.15) is 16.8 Å². The molecule has 16 heavy (non-hydrogen) atoms. The molecule has 1 heterocycles. The fraction of sp³-hybridized carbons (Fsp3) is 0.308. The van der Waals surface area contributed by atoms with Gasteiger partial charge in [-0.3, -0.25) is 0 Å². The quantitative estimate of drug-likeness (QED) is 0.432. The van der Waals surface area contributed by atoms with Gasteiger partial charge >= 0.3 is 5.97 Å². The normalized spacial score (nSPS) is 18.6. The summed E-state index contributed by atoms with van der Waals surface area (Å²) < 4.78 is 10.1. The molecule has 1 aromatic rings. The summed E-state index contributed by atoms with van der Waals surface area (Å²) in [6, 6.07) is 8.98. The molecular formula is C13H14O3. The molecule has 0 N–H and O–H groups in total. The standard InChI is InChI=1S/C13H14O3/c14-13(11-6-2-1-3-7-11)15-9-5-4-8-12-10-16-12/h1-7,12H,8-10H2/b5-4+/t12-/m0/s1. The second-order valence-electron chi connectivity index (χ2n) is 3.63. The summed E-state index contributed by atoms with van der Waals surface area (Å²) in [5.41, 5.74) is 0.585. The van der Waals surface area contributed by atoms with Crippen molar-refractivity contribution < 1.29 is 14.3 Å². The van der Waals surface area contributed by atoms with Gasteiger partial charge in [0.25, 0.3) is 0 Å². The van der Waals surface area contributed by atoms with Crippen LogP contribution in [0.2, 0.25) is 0 Å². The van der Waals surface area contributed by atoms with E-state index in [0.29, 0.717) is 18.3 Å². The van der Waals surface area contributed by atoms with Gasteiger partial charge in [0.1, 0.15) is 6.61 Å². The van der Waals surface area contributed by atoms with Gasteiger partial charge in [-0.05, 0) is 18.6 Å². The van der Waals surface area contributed by atoms with Gasteiger partial charge in [-0.25, -0.2) is 4.79 Å². The highest BCUT2D eigenvalue weighted by atomic mass is 16.6. The monoisotopic (exact) mass is 218 g/mol. The molecule has 0 unspecified atom stereocenters. The Hall–Kier alpha value is -1.61. The van der Waals surface area contributed by atoms with Crippen molar-refractivity contribution in [2.75, 3.05) is 13.2 Å². The molecule has 0 bridgehead atoms. The van der Waals surface area contributed by atoms with E-state index in [4.69, 9.17) is 9.47 Å². The van der Waals surface area contributed by atoms with Crippen molar-refractivity contribution in [1.82, 2.24) is 0 Å². The second kappa shape index (κ2) is 5.47. The van der Waals surface area contributed by atoms with E-state index in [1.165, 1.54) is 0 Å². The van der Waals surface area contributed by atoms with Crippen LogP contribution in [0.3, 0.4) is 0 Å². The molecule has 3 heteroatoms. The van der Waals surface area contributed by atoms with Gasteiger partial charge in [0, 0.05) is 0 Å². The van der Waals surface area contributed by atoms with Crippen molar-refractivity contribution in [3.05, 3.63) is 48.0 Å². The Morgan fingerprint density at radius 1 is 1.38 bits per heavy atom. The van der Waals surface area contributed by atoms with Crippen LogP contribution in [0.25, 0.3) is 0 Å². The SMILES string of the molecule is O=C(OC/C=C/C[C@H]1CO1)c1ccccc1. The van der Waals surface area contributed by atoms with Gasteiger partial charge in [0.05, 0.1) is 18.3 Å². The first-order valence-corrected chi connectivity index (χ1v) is 5.35. The van der Waals surface area contributed by atoms with E-state index < -0.39 is 0 Å². The Morgan fingerprint density at radius 3 is 2.81 bits per heavy atom. The van der Waals surface area contributed by atoms with Crippen LogP contribution in [-0.4, -0.2) is 25.3 Å². The van der Waals surface area contributed by atoms with E-state index in [0.717, 1.165) is 13.0 Å². The Kier molecular flexibility index (Phi) is 3.72. The Balaban J connectivity index is 1.69. The fourth-order valence-electron chi connectivity index (χ4n) is 1.30. The lowest BCUT2D eigenvalue weighted by atomic mass is 10.2. The third kappa shape index (κ3) is 3.51. The third-order valence-corrected chi connectivity index (χ3v) is 2.29. The summed E-state index contributed by atoms with van der Waals surface area (Å²) >= 11 is 0. The topological polar surface area (TPSA) is 38.8 Å². The molecule has 1 aromatic carbocycles. The Labute approximate surface area is 94.7 Å². The average Bonchev–Trinajstić information content (AvgIpc) is 3.13. The van der Waals surface area contributed by atoms with Crippen LogP contribution < -0.4 is 0 Å². The summed E-state index contributed by atoms with van der Waals surface area (Å²) in [4.78, 5) is 11.5. The maximum Gasteiger partial charge on any atom is 0.338 e. The van der Waals surface area contributed by atoms with Gasteiger partial charge in [-0.1, -0.05) is 30.4 Å². The minimum absolute atomic E-state index is 0.284. The molecule has 84 valence electrons. The molecule has 0 amide bonds. The van der Waals surface area contributed by atoms with Crippen molar-refractivity contribution in [2.45, 2.75) is 12.5 Å². The highest BCUT2D eigenvalue weighted by molar-refractivity contribution is 5.89. The van der Waals surface area contributed by atoms with E-state index in [-0.39, 0.29) is 5.97 Å². The zero-order chi connectivity index (χ0) is 11.2. The molecule has 1 saturated heterocycles. The van der Waals surface area contributed by atoms with Gasteiger partial charge < -0.3 is 9.47 Å². The van der Waals surface area contributed by atoms with Gasteiger partial charge in [0.15, 0.2) is 0 Å². The lowest BCUT2D eigenvalue weighted by Gasteiger charge is -2.00. The molecule has 1 aliphatic rings. The molecule has 1 fully saturated rings. The summed E-state index contributed by atoms with van der Waals surface area (Å²) in [6.45, 7) is 1.18. The van der Waals surface area contributed by atoms with Crippen LogP contribution >= 0.6 is 0 Å². The van der Waals surface area contributed by atoms with Crippen molar-refractivity contribution in [3.8, 4) is 0 Å². The van der Waals surface area contributed by atoms with Crippen LogP contribution in [0.5, 0.6) is 0 Å². The Bertz CT molecular complexity index is 366. The van der Waals surface area contributed by atoms with Crippen molar-refractivity contribution in [1.29, 1.82) is 0 Å². The molecule has 0 saturated carbocycles. The summed E-state index contributed by atoms with van der Waals surface area (Å²) in [6.07, 6.45) is 5.13. The number of ether oxygens (including phenoxy) is 2. The molecule has 0 radical (unpaired) electrons. The van der Waals surface area contributed by atoms with Gasteiger partial charge in [-0.15, -0.1) is 0 Å². The number of rotatable bonds is 5. The zero-order valence-electron chi connectivity index (χ0n) is 8.96. The van der Waals surface area contributed by atoms with Crippen LogP contribution in [0.15, 0.2) is 42.5 Å². The van der Waals surface area contributed by atoms with Gasteiger partial charge in [0.2, 0.25) is 0 Å². The molecule has 0 spiro atoms. The van der Waals surface area contributed by atoms with Crippen molar-refractivity contribution >= 4 is 5.97 Å². The number of hydrogen-bond donors (Lipinski definition) is 0. The Morgan fingerprint density at radius 2 is 2.12 bits per heavy atom. The van der Waals surface area contributed by atoms with E-state index in [1.54, 1.807) is 12.1 Å². The second-order valence-corrected chi connectivity index (χ2v) is 3.63. The van der Waals surface area contributed by atoms with Crippen molar-refractivity contribution in [2.24, 2.45) is 0 Å². The first-order chi connectivity index (χ1) is 7.86. The molecule has 0 aromatic heterocycles. The van der Waals surface area contributed by atoms with Crippen LogP contribution in [-0.2, 0) is 9.47 Å². The average molecular weight is 218 g/mol. The lowest BCUT2D eigenvalue weighted by molar-refractivity contribution is 0.0549. The lowest BCUT2D eigenvalue weighted by Crippen LogP contribution is -2.04. The largest absolute Gasteiger partial charge is 0.458 e. The number of carbonyl (C=O) groups excluding carboxylic acids is 1. The zero-order valence-corrected chi connectivity index (χ0v) is 8.96. The van der Waals surface area contributed by atoms with Crippen molar-refractivity contribution in [3.63, 3.8) is 0 Å². The number of hydrogen-bond acceptors (Lipinski definition) is 3. The van der Waals surface area contributed by atoms with Gasteiger partial charge in [-0.2, -0.15) is 0 Å². The molecule has 3 nitrogen and oxygen atoms in total. The van der Waals surface area contributed by atoms with Crippen LogP contribution in [0, 0.1) is 0 Å². The van der Waals surface area contributed by atoms with E-state index in [1.807, 2.05) is 30.4 Å². The molecule has 2 rings (SSSR count). The number of carbonyl (C=O) groups is 1. The van der Waals surface area contributed by atoms with E-state index in [2.05, 4.69) is 0 Å². The number of esters is 1. The molecular weight excluding hydrogens is 204 g/mol. The summed E-state index contributed by atoms with van der Waals surface area (Å²) in [5, 5.41) is 0. The third-order valence-electron chi connectivity index (χ3n) is 2.29. The van der Waals surface area contributed by atoms with E-state index >= 15 is 0 Å². The number of benzene rings is 1. The first-order valence-electron chi connectivity index (χ1n) is 5.35. The predicted octanol–water partition coefficient (Wildman–Crippen LogP) is 2.19. The smallest absolute Gasteiger partial charge is 0.338 e. The van der Waals surface area contributed by atoms with E-state index in [9.17, 15) is 4.79 Å². The maximum atomic E-state index is 11.5.